The Kier molecular flexibility index (Phi) is 7.13. The van der Waals surface area contributed by atoms with Crippen LogP contribution in [0.2, 0.25) is 0 Å². The Hall–Kier alpha value is -3.12. The number of halogens is 1. The monoisotopic (exact) mass is 480 g/mol. The summed E-state index contributed by atoms with van der Waals surface area (Å²) in [5.41, 5.74) is 3.84. The Balaban J connectivity index is 1.91. The first-order chi connectivity index (χ1) is 14.7. The first kappa shape index (κ1) is 22.6. The largest absolute Gasteiger partial charge is 0.444 e. The zero-order chi connectivity index (χ0) is 22.4. The summed E-state index contributed by atoms with van der Waals surface area (Å²) in [7, 11) is 0. The molecule has 0 bridgehead atoms. The molecular formula is C25H25BrN2O3. The fourth-order valence-electron chi connectivity index (χ4n) is 2.92. The normalized spacial score (nSPS) is 11.0. The number of nitrogens with one attached hydrogen (secondary N) is 2. The number of anilines is 2. The van der Waals surface area contributed by atoms with Crippen molar-refractivity contribution in [3.05, 3.63) is 83.9 Å². The third kappa shape index (κ3) is 6.43. The fraction of sp³-hybridized carbons (Fsp3) is 0.200. The molecule has 0 aliphatic carbocycles. The quantitative estimate of drug-likeness (QED) is 0.392. The van der Waals surface area contributed by atoms with Gasteiger partial charge in [0.1, 0.15) is 5.60 Å². The van der Waals surface area contributed by atoms with E-state index in [9.17, 15) is 9.59 Å². The van der Waals surface area contributed by atoms with E-state index in [0.29, 0.717) is 16.9 Å². The van der Waals surface area contributed by atoms with Gasteiger partial charge in [-0.3, -0.25) is 10.1 Å². The van der Waals surface area contributed by atoms with Gasteiger partial charge in [0.2, 0.25) is 0 Å². The summed E-state index contributed by atoms with van der Waals surface area (Å²) in [6, 6.07) is 22.6. The van der Waals surface area contributed by atoms with Crippen molar-refractivity contribution in [2.24, 2.45) is 0 Å². The highest BCUT2D eigenvalue weighted by Gasteiger charge is 2.18. The van der Waals surface area contributed by atoms with Crippen molar-refractivity contribution in [3.8, 4) is 11.1 Å². The lowest BCUT2D eigenvalue weighted by atomic mass is 10.0. The van der Waals surface area contributed by atoms with Gasteiger partial charge < -0.3 is 10.1 Å². The standard InChI is InChI=1S/C25H25BrN2O3/c1-25(2,3)31-24(30)28-21-14-13-20(18-7-5-4-6-8-18)15-22(21)27-23(29)19-11-9-17(16-26)10-12-19/h4-15H,16H2,1-3H3,(H,27,29)(H,28,30). The minimum Gasteiger partial charge on any atom is -0.444 e. The number of hydrogen-bond donors (Lipinski definition) is 2. The van der Waals surface area contributed by atoms with E-state index in [-0.39, 0.29) is 5.91 Å². The van der Waals surface area contributed by atoms with Crippen molar-refractivity contribution >= 4 is 39.3 Å². The Labute approximate surface area is 191 Å². The molecule has 3 rings (SSSR count). The van der Waals surface area contributed by atoms with E-state index in [1.54, 1.807) is 39.0 Å². The summed E-state index contributed by atoms with van der Waals surface area (Å²) in [5.74, 6) is -0.265. The Bertz CT molecular complexity index is 1060. The van der Waals surface area contributed by atoms with Crippen molar-refractivity contribution in [1.82, 2.24) is 0 Å². The molecule has 0 heterocycles. The summed E-state index contributed by atoms with van der Waals surface area (Å²) >= 11 is 3.40. The molecule has 2 N–H and O–H groups in total. The van der Waals surface area contributed by atoms with Gasteiger partial charge in [-0.25, -0.2) is 4.79 Å². The topological polar surface area (TPSA) is 67.4 Å². The number of carbonyl (C=O) groups is 2. The van der Waals surface area contributed by atoms with Gasteiger partial charge in [-0.05, 0) is 61.7 Å². The van der Waals surface area contributed by atoms with E-state index in [4.69, 9.17) is 4.74 Å². The van der Waals surface area contributed by atoms with Crippen molar-refractivity contribution in [1.29, 1.82) is 0 Å². The molecule has 0 unspecified atom stereocenters. The molecule has 31 heavy (non-hydrogen) atoms. The molecule has 0 spiro atoms. The predicted molar refractivity (Wildman–Crippen MR) is 129 cm³/mol. The van der Waals surface area contributed by atoms with Gasteiger partial charge in [-0.15, -0.1) is 0 Å². The third-order valence-corrected chi connectivity index (χ3v) is 5.03. The molecule has 160 valence electrons. The van der Waals surface area contributed by atoms with E-state index < -0.39 is 11.7 Å². The second-order valence-electron chi connectivity index (χ2n) is 8.04. The maximum absolute atomic E-state index is 12.9. The summed E-state index contributed by atoms with van der Waals surface area (Å²) in [6.45, 7) is 5.39. The lowest BCUT2D eigenvalue weighted by Crippen LogP contribution is -2.27. The Morgan fingerprint density at radius 2 is 1.52 bits per heavy atom. The Morgan fingerprint density at radius 3 is 2.13 bits per heavy atom. The molecular weight excluding hydrogens is 456 g/mol. The van der Waals surface area contributed by atoms with Gasteiger partial charge in [0.25, 0.3) is 5.91 Å². The molecule has 0 aromatic heterocycles. The highest BCUT2D eigenvalue weighted by molar-refractivity contribution is 9.08. The summed E-state index contributed by atoms with van der Waals surface area (Å²) in [4.78, 5) is 25.2. The first-order valence-corrected chi connectivity index (χ1v) is 11.0. The molecule has 5 nitrogen and oxygen atoms in total. The van der Waals surface area contributed by atoms with E-state index in [1.165, 1.54) is 0 Å². The molecule has 3 aromatic carbocycles. The first-order valence-electron chi connectivity index (χ1n) is 9.91. The lowest BCUT2D eigenvalue weighted by molar-refractivity contribution is 0.0635. The molecule has 0 atom stereocenters. The van der Waals surface area contributed by atoms with Crippen LogP contribution in [0.5, 0.6) is 0 Å². The fourth-order valence-corrected chi connectivity index (χ4v) is 3.29. The second-order valence-corrected chi connectivity index (χ2v) is 8.60. The SMILES string of the molecule is CC(C)(C)OC(=O)Nc1ccc(-c2ccccc2)cc1NC(=O)c1ccc(CBr)cc1. The molecule has 0 saturated heterocycles. The van der Waals surface area contributed by atoms with Crippen LogP contribution in [0.1, 0.15) is 36.7 Å². The van der Waals surface area contributed by atoms with Crippen LogP contribution in [-0.4, -0.2) is 17.6 Å². The number of hydrogen-bond acceptors (Lipinski definition) is 3. The molecule has 0 radical (unpaired) electrons. The van der Waals surface area contributed by atoms with Gasteiger partial charge in [0.15, 0.2) is 0 Å². The smallest absolute Gasteiger partial charge is 0.412 e. The van der Waals surface area contributed by atoms with Gasteiger partial charge >= 0.3 is 6.09 Å². The number of alkyl halides is 1. The molecule has 0 aliphatic rings. The number of amides is 2. The van der Waals surface area contributed by atoms with Gasteiger partial charge in [0.05, 0.1) is 11.4 Å². The van der Waals surface area contributed by atoms with Crippen LogP contribution in [0, 0.1) is 0 Å². The Morgan fingerprint density at radius 1 is 0.839 bits per heavy atom. The highest BCUT2D eigenvalue weighted by Crippen LogP contribution is 2.30. The molecule has 6 heteroatoms. The zero-order valence-corrected chi connectivity index (χ0v) is 19.3. The molecule has 0 fully saturated rings. The maximum atomic E-state index is 12.9. The van der Waals surface area contributed by atoms with Crippen LogP contribution in [-0.2, 0) is 10.1 Å². The van der Waals surface area contributed by atoms with Crippen LogP contribution >= 0.6 is 15.9 Å². The van der Waals surface area contributed by atoms with E-state index in [1.807, 2.05) is 54.6 Å². The zero-order valence-electron chi connectivity index (χ0n) is 17.7. The minimum atomic E-state index is -0.630. The van der Waals surface area contributed by atoms with Crippen molar-refractivity contribution in [3.63, 3.8) is 0 Å². The van der Waals surface area contributed by atoms with Crippen LogP contribution < -0.4 is 10.6 Å². The van der Waals surface area contributed by atoms with Crippen molar-refractivity contribution < 1.29 is 14.3 Å². The maximum Gasteiger partial charge on any atom is 0.412 e. The van der Waals surface area contributed by atoms with Crippen LogP contribution in [0.3, 0.4) is 0 Å². The molecule has 3 aromatic rings. The van der Waals surface area contributed by atoms with Gasteiger partial charge in [-0.2, -0.15) is 0 Å². The van der Waals surface area contributed by atoms with Crippen LogP contribution in [0.15, 0.2) is 72.8 Å². The number of benzene rings is 3. The number of ether oxygens (including phenoxy) is 1. The number of rotatable bonds is 5. The molecule has 0 aliphatic heterocycles. The van der Waals surface area contributed by atoms with E-state index in [2.05, 4.69) is 26.6 Å². The van der Waals surface area contributed by atoms with Gasteiger partial charge in [0, 0.05) is 10.9 Å². The average Bonchev–Trinajstić information content (AvgIpc) is 2.74. The lowest BCUT2D eigenvalue weighted by Gasteiger charge is -2.21. The molecule has 2 amide bonds. The average molecular weight is 481 g/mol. The minimum absolute atomic E-state index is 0.265. The van der Waals surface area contributed by atoms with E-state index in [0.717, 1.165) is 22.0 Å². The number of carbonyl (C=O) groups excluding carboxylic acids is 2. The van der Waals surface area contributed by atoms with E-state index >= 15 is 0 Å². The predicted octanol–water partition coefficient (Wildman–Crippen LogP) is 6.85. The summed E-state index contributed by atoms with van der Waals surface area (Å²) < 4.78 is 5.36. The van der Waals surface area contributed by atoms with Crippen LogP contribution in [0.4, 0.5) is 16.2 Å². The van der Waals surface area contributed by atoms with Crippen LogP contribution in [0.25, 0.3) is 11.1 Å². The second kappa shape index (κ2) is 9.79. The van der Waals surface area contributed by atoms with Crippen molar-refractivity contribution in [2.75, 3.05) is 10.6 Å². The summed E-state index contributed by atoms with van der Waals surface area (Å²) in [6.07, 6.45) is -0.586. The third-order valence-electron chi connectivity index (χ3n) is 4.38. The summed E-state index contributed by atoms with van der Waals surface area (Å²) in [5, 5.41) is 6.38. The molecule has 0 saturated carbocycles. The van der Waals surface area contributed by atoms with Crippen molar-refractivity contribution in [2.45, 2.75) is 31.7 Å². The highest BCUT2D eigenvalue weighted by atomic mass is 79.9. The van der Waals surface area contributed by atoms with Gasteiger partial charge in [-0.1, -0.05) is 64.5 Å².